The van der Waals surface area contributed by atoms with E-state index in [1.54, 1.807) is 13.2 Å². The number of guanidine groups is 1. The van der Waals surface area contributed by atoms with Gasteiger partial charge in [0.2, 0.25) is 5.88 Å². The summed E-state index contributed by atoms with van der Waals surface area (Å²) in [5.74, 6) is 1.43. The van der Waals surface area contributed by atoms with Crippen LogP contribution in [-0.2, 0) is 6.54 Å². The first-order valence-electron chi connectivity index (χ1n) is 6.19. The van der Waals surface area contributed by atoms with E-state index in [0.29, 0.717) is 12.4 Å². The highest BCUT2D eigenvalue weighted by Crippen LogP contribution is 2.12. The quantitative estimate of drug-likeness (QED) is 0.469. The molecule has 1 heterocycles. The summed E-state index contributed by atoms with van der Waals surface area (Å²) in [7, 11) is 3.57. The third-order valence-electron chi connectivity index (χ3n) is 2.62. The van der Waals surface area contributed by atoms with Crippen molar-refractivity contribution in [2.75, 3.05) is 14.1 Å². The topological polar surface area (TPSA) is 58.5 Å². The largest absolute Gasteiger partial charge is 0.475 e. The van der Waals surface area contributed by atoms with Crippen LogP contribution in [0.3, 0.4) is 0 Å². The molecule has 5 nitrogen and oxygen atoms in total. The van der Waals surface area contributed by atoms with Crippen molar-refractivity contribution in [3.8, 4) is 5.88 Å². The molecule has 0 radical (unpaired) electrons. The van der Waals surface area contributed by atoms with Gasteiger partial charge in [0.25, 0.3) is 0 Å². The molecule has 6 heteroatoms. The molecule has 0 spiro atoms. The van der Waals surface area contributed by atoms with Crippen LogP contribution >= 0.6 is 24.0 Å². The maximum atomic E-state index is 5.68. The molecule has 0 saturated heterocycles. The lowest BCUT2D eigenvalue weighted by Gasteiger charge is -2.13. The number of pyridine rings is 1. The molecule has 0 amide bonds. The molecule has 0 aliphatic carbocycles. The molecule has 1 unspecified atom stereocenters. The zero-order chi connectivity index (χ0) is 13.4. The first-order chi connectivity index (χ1) is 8.69. The molecule has 1 aromatic rings. The highest BCUT2D eigenvalue weighted by Gasteiger charge is 2.03. The van der Waals surface area contributed by atoms with Crippen molar-refractivity contribution in [1.82, 2.24) is 15.6 Å². The van der Waals surface area contributed by atoms with Crippen LogP contribution in [0.15, 0.2) is 23.3 Å². The Morgan fingerprint density at radius 1 is 1.53 bits per heavy atom. The SMILES string of the molecule is CCC(C)Oc1cc(CNC(=NC)NC)ccn1.I. The van der Waals surface area contributed by atoms with Gasteiger partial charge in [-0.3, -0.25) is 4.99 Å². The third kappa shape index (κ3) is 6.60. The van der Waals surface area contributed by atoms with Crippen molar-refractivity contribution in [3.05, 3.63) is 23.9 Å². The van der Waals surface area contributed by atoms with E-state index in [9.17, 15) is 0 Å². The highest BCUT2D eigenvalue weighted by atomic mass is 127. The minimum absolute atomic E-state index is 0. The number of aromatic nitrogens is 1. The van der Waals surface area contributed by atoms with Gasteiger partial charge in [-0.2, -0.15) is 0 Å². The highest BCUT2D eigenvalue weighted by molar-refractivity contribution is 14.0. The molecular formula is C13H23IN4O. The van der Waals surface area contributed by atoms with E-state index in [2.05, 4.69) is 27.5 Å². The average molecular weight is 378 g/mol. The standard InChI is InChI=1S/C13H22N4O.HI/c1-5-10(2)18-12-8-11(6-7-16-12)9-17-13(14-3)15-4;/h6-8,10H,5,9H2,1-4H3,(H2,14,15,17);1H. The summed E-state index contributed by atoms with van der Waals surface area (Å²) in [5.41, 5.74) is 1.11. The van der Waals surface area contributed by atoms with Crippen LogP contribution in [0.1, 0.15) is 25.8 Å². The number of nitrogens with zero attached hydrogens (tertiary/aromatic N) is 2. The van der Waals surface area contributed by atoms with Crippen LogP contribution in [0.4, 0.5) is 0 Å². The molecule has 0 aliphatic rings. The van der Waals surface area contributed by atoms with Crippen molar-refractivity contribution in [2.24, 2.45) is 4.99 Å². The summed E-state index contributed by atoms with van der Waals surface area (Å²) < 4.78 is 5.68. The fourth-order valence-electron chi connectivity index (χ4n) is 1.38. The van der Waals surface area contributed by atoms with Crippen LogP contribution in [0.25, 0.3) is 0 Å². The predicted molar refractivity (Wildman–Crippen MR) is 89.3 cm³/mol. The van der Waals surface area contributed by atoms with E-state index in [1.807, 2.05) is 26.1 Å². The second-order valence-electron chi connectivity index (χ2n) is 4.01. The Bertz CT molecular complexity index is 398. The number of ether oxygens (including phenoxy) is 1. The Morgan fingerprint density at radius 2 is 2.26 bits per heavy atom. The Balaban J connectivity index is 0.00000324. The zero-order valence-corrected chi connectivity index (χ0v) is 14.3. The summed E-state index contributed by atoms with van der Waals surface area (Å²) >= 11 is 0. The van der Waals surface area contributed by atoms with E-state index in [1.165, 1.54) is 0 Å². The summed E-state index contributed by atoms with van der Waals surface area (Å²) in [6.07, 6.45) is 2.92. The van der Waals surface area contributed by atoms with Crippen LogP contribution in [0.5, 0.6) is 5.88 Å². The number of nitrogens with one attached hydrogen (secondary N) is 2. The number of hydrogen-bond donors (Lipinski definition) is 2. The lowest BCUT2D eigenvalue weighted by molar-refractivity contribution is 0.208. The molecule has 108 valence electrons. The lowest BCUT2D eigenvalue weighted by atomic mass is 10.2. The molecule has 0 aliphatic heterocycles. The van der Waals surface area contributed by atoms with Gasteiger partial charge < -0.3 is 15.4 Å². The minimum atomic E-state index is 0. The molecule has 2 N–H and O–H groups in total. The molecule has 0 fully saturated rings. The second-order valence-corrected chi connectivity index (χ2v) is 4.01. The first-order valence-corrected chi connectivity index (χ1v) is 6.19. The van der Waals surface area contributed by atoms with Crippen LogP contribution in [0, 0.1) is 0 Å². The Kier molecular flexibility index (Phi) is 9.28. The van der Waals surface area contributed by atoms with Crippen molar-refractivity contribution >= 4 is 29.9 Å². The van der Waals surface area contributed by atoms with Gasteiger partial charge in [0, 0.05) is 32.9 Å². The molecule has 0 aromatic carbocycles. The fourth-order valence-corrected chi connectivity index (χ4v) is 1.38. The Labute approximate surface area is 132 Å². The third-order valence-corrected chi connectivity index (χ3v) is 2.62. The predicted octanol–water partition coefficient (Wildman–Crippen LogP) is 2.17. The normalized spacial score (nSPS) is 12.3. The molecule has 1 aromatic heterocycles. The smallest absolute Gasteiger partial charge is 0.213 e. The van der Waals surface area contributed by atoms with Gasteiger partial charge in [0.1, 0.15) is 0 Å². The number of halogens is 1. The van der Waals surface area contributed by atoms with Crippen molar-refractivity contribution in [3.63, 3.8) is 0 Å². The summed E-state index contributed by atoms with van der Waals surface area (Å²) in [6.45, 7) is 4.81. The van der Waals surface area contributed by atoms with Crippen molar-refractivity contribution in [2.45, 2.75) is 32.9 Å². The first kappa shape index (κ1) is 17.9. The van der Waals surface area contributed by atoms with Gasteiger partial charge in [-0.1, -0.05) is 6.92 Å². The number of hydrogen-bond acceptors (Lipinski definition) is 3. The Hall–Kier alpha value is -1.05. The molecule has 0 bridgehead atoms. The number of aliphatic imine (C=N–C) groups is 1. The van der Waals surface area contributed by atoms with E-state index in [0.717, 1.165) is 17.9 Å². The maximum absolute atomic E-state index is 5.68. The molecule has 1 rings (SSSR count). The van der Waals surface area contributed by atoms with Crippen molar-refractivity contribution < 1.29 is 4.74 Å². The van der Waals surface area contributed by atoms with Crippen LogP contribution in [-0.4, -0.2) is 31.1 Å². The molecule has 0 saturated carbocycles. The monoisotopic (exact) mass is 378 g/mol. The van der Waals surface area contributed by atoms with E-state index >= 15 is 0 Å². The zero-order valence-electron chi connectivity index (χ0n) is 11.9. The van der Waals surface area contributed by atoms with Crippen LogP contribution in [0.2, 0.25) is 0 Å². The summed E-state index contributed by atoms with van der Waals surface area (Å²) in [4.78, 5) is 8.25. The molecular weight excluding hydrogens is 355 g/mol. The molecule has 19 heavy (non-hydrogen) atoms. The summed E-state index contributed by atoms with van der Waals surface area (Å²) in [5, 5.41) is 6.16. The summed E-state index contributed by atoms with van der Waals surface area (Å²) in [6, 6.07) is 3.90. The van der Waals surface area contributed by atoms with E-state index in [-0.39, 0.29) is 30.1 Å². The second kappa shape index (κ2) is 9.82. The van der Waals surface area contributed by atoms with E-state index in [4.69, 9.17) is 4.74 Å². The van der Waals surface area contributed by atoms with E-state index < -0.39 is 0 Å². The van der Waals surface area contributed by atoms with Gasteiger partial charge >= 0.3 is 0 Å². The van der Waals surface area contributed by atoms with Crippen molar-refractivity contribution in [1.29, 1.82) is 0 Å². The fraction of sp³-hybridized carbons (Fsp3) is 0.538. The van der Waals surface area contributed by atoms with Gasteiger partial charge in [-0.05, 0) is 25.0 Å². The lowest BCUT2D eigenvalue weighted by Crippen LogP contribution is -2.34. The number of rotatable bonds is 5. The van der Waals surface area contributed by atoms with Gasteiger partial charge in [0.15, 0.2) is 5.96 Å². The maximum Gasteiger partial charge on any atom is 0.213 e. The van der Waals surface area contributed by atoms with Gasteiger partial charge in [0.05, 0.1) is 6.10 Å². The minimum Gasteiger partial charge on any atom is -0.475 e. The van der Waals surface area contributed by atoms with Gasteiger partial charge in [-0.25, -0.2) is 4.98 Å². The van der Waals surface area contributed by atoms with Gasteiger partial charge in [-0.15, -0.1) is 24.0 Å². The average Bonchev–Trinajstić information content (AvgIpc) is 2.40. The molecule has 1 atom stereocenters. The Morgan fingerprint density at radius 3 is 2.84 bits per heavy atom. The van der Waals surface area contributed by atoms with Crippen LogP contribution < -0.4 is 15.4 Å².